The molecule has 0 amide bonds. The van der Waals surface area contributed by atoms with Crippen LogP contribution in [0.1, 0.15) is 33.6 Å². The molecule has 32 heavy (non-hydrogen) atoms. The molecule has 5 nitrogen and oxygen atoms in total. The number of nitrogens with zero attached hydrogens (tertiary/aromatic N) is 1. The van der Waals surface area contributed by atoms with Gasteiger partial charge in [-0.25, -0.2) is 4.79 Å². The molecule has 160 valence electrons. The summed E-state index contributed by atoms with van der Waals surface area (Å²) in [4.78, 5) is 23.9. The molecule has 0 spiro atoms. The molecule has 0 aliphatic carbocycles. The van der Waals surface area contributed by atoms with Gasteiger partial charge in [0.05, 0.1) is 11.3 Å². The van der Waals surface area contributed by atoms with Gasteiger partial charge in [-0.1, -0.05) is 71.9 Å². The maximum atomic E-state index is 12.6. The van der Waals surface area contributed by atoms with Crippen LogP contribution in [0.4, 0.5) is 0 Å². The number of ketones is 1. The van der Waals surface area contributed by atoms with Crippen LogP contribution in [-0.2, 0) is 17.6 Å². The Morgan fingerprint density at radius 1 is 0.875 bits per heavy atom. The van der Waals surface area contributed by atoms with E-state index in [1.54, 1.807) is 18.2 Å². The zero-order valence-corrected chi connectivity index (χ0v) is 17.7. The van der Waals surface area contributed by atoms with E-state index >= 15 is 0 Å². The molecular formula is C27H23NO4. The fraction of sp³-hybridized carbons (Fsp3) is 0.148. The number of aryl methyl sites for hydroxylation is 2. The molecule has 0 fully saturated rings. The summed E-state index contributed by atoms with van der Waals surface area (Å²) in [7, 11) is 0. The Balaban J connectivity index is 1.50. The van der Waals surface area contributed by atoms with Crippen molar-refractivity contribution in [1.82, 2.24) is 5.16 Å². The summed E-state index contributed by atoms with van der Waals surface area (Å²) in [5.74, 6) is -0.216. The molecule has 0 aliphatic heterocycles. The van der Waals surface area contributed by atoms with Crippen LogP contribution in [0.15, 0.2) is 83.4 Å². The first-order valence-electron chi connectivity index (χ1n) is 10.5. The lowest BCUT2D eigenvalue weighted by Crippen LogP contribution is -2.05. The van der Waals surface area contributed by atoms with Gasteiger partial charge < -0.3 is 9.63 Å². The number of carbonyl (C=O) groups excluding carboxylic acids is 1. The minimum Gasteiger partial charge on any atom is -0.478 e. The number of carbonyl (C=O) groups is 2. The number of aromatic carboxylic acids is 1. The Morgan fingerprint density at radius 3 is 2.31 bits per heavy atom. The van der Waals surface area contributed by atoms with Crippen LogP contribution < -0.4 is 0 Å². The molecule has 1 heterocycles. The number of aromatic nitrogens is 1. The number of benzene rings is 3. The predicted molar refractivity (Wildman–Crippen MR) is 123 cm³/mol. The van der Waals surface area contributed by atoms with Crippen LogP contribution >= 0.6 is 0 Å². The molecule has 0 saturated heterocycles. The summed E-state index contributed by atoms with van der Waals surface area (Å²) < 4.78 is 5.56. The van der Waals surface area contributed by atoms with Gasteiger partial charge >= 0.3 is 5.97 Å². The molecule has 0 bridgehead atoms. The van der Waals surface area contributed by atoms with Crippen LogP contribution in [0, 0.1) is 6.92 Å². The molecule has 4 rings (SSSR count). The Morgan fingerprint density at radius 2 is 1.59 bits per heavy atom. The lowest BCUT2D eigenvalue weighted by atomic mass is 9.97. The van der Waals surface area contributed by atoms with Gasteiger partial charge in [0.15, 0.2) is 5.76 Å². The van der Waals surface area contributed by atoms with E-state index in [-0.39, 0.29) is 17.8 Å². The van der Waals surface area contributed by atoms with Gasteiger partial charge in [-0.2, -0.15) is 0 Å². The number of carboxylic acid groups (broad SMARTS) is 1. The number of rotatable bonds is 8. The number of hydrogen-bond donors (Lipinski definition) is 1. The van der Waals surface area contributed by atoms with Crippen LogP contribution in [0.2, 0.25) is 0 Å². The molecule has 0 saturated carbocycles. The van der Waals surface area contributed by atoms with Gasteiger partial charge in [0.2, 0.25) is 0 Å². The largest absolute Gasteiger partial charge is 0.478 e. The van der Waals surface area contributed by atoms with E-state index in [1.165, 1.54) is 0 Å². The van der Waals surface area contributed by atoms with Crippen molar-refractivity contribution in [3.05, 3.63) is 101 Å². The second-order valence-electron chi connectivity index (χ2n) is 7.74. The van der Waals surface area contributed by atoms with E-state index in [2.05, 4.69) is 5.16 Å². The van der Waals surface area contributed by atoms with Crippen LogP contribution in [0.25, 0.3) is 22.5 Å². The third-order valence-electron chi connectivity index (χ3n) is 5.48. The number of hydrogen-bond acceptors (Lipinski definition) is 4. The molecule has 0 aliphatic rings. The highest BCUT2D eigenvalue weighted by Gasteiger charge is 2.18. The lowest BCUT2D eigenvalue weighted by molar-refractivity contribution is -0.118. The normalized spacial score (nSPS) is 10.8. The average molecular weight is 425 g/mol. The minimum atomic E-state index is -0.956. The summed E-state index contributed by atoms with van der Waals surface area (Å²) in [5, 5.41) is 13.3. The molecule has 1 N–H and O–H groups in total. The van der Waals surface area contributed by atoms with E-state index in [1.807, 2.05) is 67.6 Å². The highest BCUT2D eigenvalue weighted by molar-refractivity contribution is 5.89. The Kier molecular flexibility index (Phi) is 6.26. The molecule has 4 aromatic rings. The van der Waals surface area contributed by atoms with Gasteiger partial charge in [0.1, 0.15) is 5.78 Å². The summed E-state index contributed by atoms with van der Waals surface area (Å²) in [5.41, 5.74) is 5.46. The highest BCUT2D eigenvalue weighted by atomic mass is 16.5. The summed E-state index contributed by atoms with van der Waals surface area (Å²) in [6.07, 6.45) is 1.45. The van der Waals surface area contributed by atoms with Crippen molar-refractivity contribution in [3.8, 4) is 22.5 Å². The van der Waals surface area contributed by atoms with Gasteiger partial charge in [-0.3, -0.25) is 4.79 Å². The van der Waals surface area contributed by atoms with Crippen molar-refractivity contribution in [3.63, 3.8) is 0 Å². The van der Waals surface area contributed by atoms with Crippen LogP contribution in [0.5, 0.6) is 0 Å². The standard InChI is InChI=1S/C27H23NO4/c1-18-25(17-24(29)15-10-19-6-3-2-4-7-19)26(32-28-18)21-13-11-20(12-14-21)22-8-5-9-23(16-22)27(30)31/h2-9,11-14,16H,10,15,17H2,1H3,(H,30,31). The first-order chi connectivity index (χ1) is 15.5. The quantitative estimate of drug-likeness (QED) is 0.388. The van der Waals surface area contributed by atoms with Crippen molar-refractivity contribution in [1.29, 1.82) is 0 Å². The zero-order valence-electron chi connectivity index (χ0n) is 17.7. The smallest absolute Gasteiger partial charge is 0.335 e. The van der Waals surface area contributed by atoms with Crippen molar-refractivity contribution in [2.45, 2.75) is 26.2 Å². The number of carboxylic acids is 1. The third-order valence-corrected chi connectivity index (χ3v) is 5.48. The Hall–Kier alpha value is -3.99. The first kappa shape index (κ1) is 21.2. The molecule has 1 aromatic heterocycles. The molecule has 0 radical (unpaired) electrons. The molecule has 0 unspecified atom stereocenters. The minimum absolute atomic E-state index is 0.142. The van der Waals surface area contributed by atoms with E-state index < -0.39 is 5.97 Å². The van der Waals surface area contributed by atoms with Gasteiger partial charge in [-0.05, 0) is 42.2 Å². The number of Topliss-reactive ketones (excluding diaryl/α,β-unsaturated/α-hetero) is 1. The summed E-state index contributed by atoms with van der Waals surface area (Å²) >= 11 is 0. The Bertz CT molecular complexity index is 1240. The van der Waals surface area contributed by atoms with E-state index in [4.69, 9.17) is 4.52 Å². The topological polar surface area (TPSA) is 80.4 Å². The molecule has 5 heteroatoms. The van der Waals surface area contributed by atoms with E-state index in [9.17, 15) is 14.7 Å². The van der Waals surface area contributed by atoms with Crippen molar-refractivity contribution in [2.24, 2.45) is 0 Å². The van der Waals surface area contributed by atoms with Crippen LogP contribution in [0.3, 0.4) is 0 Å². The average Bonchev–Trinajstić information content (AvgIpc) is 3.18. The van der Waals surface area contributed by atoms with Gasteiger partial charge in [0.25, 0.3) is 0 Å². The zero-order chi connectivity index (χ0) is 22.5. The van der Waals surface area contributed by atoms with Gasteiger partial charge in [-0.15, -0.1) is 0 Å². The van der Waals surface area contributed by atoms with Crippen molar-refractivity contribution < 1.29 is 19.2 Å². The fourth-order valence-electron chi connectivity index (χ4n) is 3.68. The maximum Gasteiger partial charge on any atom is 0.335 e. The third kappa shape index (κ3) is 4.83. The maximum absolute atomic E-state index is 12.6. The first-order valence-corrected chi connectivity index (χ1v) is 10.5. The molecular weight excluding hydrogens is 402 g/mol. The predicted octanol–water partition coefficient (Wildman–Crippen LogP) is 5.76. The fourth-order valence-corrected chi connectivity index (χ4v) is 3.68. The van der Waals surface area contributed by atoms with Crippen molar-refractivity contribution >= 4 is 11.8 Å². The van der Waals surface area contributed by atoms with Crippen LogP contribution in [-0.4, -0.2) is 22.0 Å². The molecule has 0 atom stereocenters. The monoisotopic (exact) mass is 425 g/mol. The second-order valence-corrected chi connectivity index (χ2v) is 7.74. The summed E-state index contributed by atoms with van der Waals surface area (Å²) in [6.45, 7) is 1.85. The lowest BCUT2D eigenvalue weighted by Gasteiger charge is -2.06. The van der Waals surface area contributed by atoms with Crippen molar-refractivity contribution in [2.75, 3.05) is 0 Å². The highest BCUT2D eigenvalue weighted by Crippen LogP contribution is 2.30. The van der Waals surface area contributed by atoms with Gasteiger partial charge in [0, 0.05) is 24.0 Å². The SMILES string of the molecule is Cc1noc(-c2ccc(-c3cccc(C(=O)O)c3)cc2)c1CC(=O)CCc1ccccc1. The summed E-state index contributed by atoms with van der Waals surface area (Å²) in [6, 6.07) is 24.4. The Labute approximate surface area is 186 Å². The van der Waals surface area contributed by atoms with E-state index in [0.29, 0.717) is 24.3 Å². The van der Waals surface area contributed by atoms with E-state index in [0.717, 1.165) is 27.8 Å². The second kappa shape index (κ2) is 9.43. The molecule has 3 aromatic carbocycles.